The molecule has 6 heteroatoms. The van der Waals surface area contributed by atoms with Crippen LogP contribution in [0.5, 0.6) is 5.75 Å². The molecule has 1 heterocycles. The van der Waals surface area contributed by atoms with Crippen LogP contribution in [0.1, 0.15) is 17.9 Å². The number of amides is 1. The summed E-state index contributed by atoms with van der Waals surface area (Å²) in [6.07, 6.45) is 0.721. The first-order valence-corrected chi connectivity index (χ1v) is 6.44. The Morgan fingerprint density at radius 3 is 2.72 bits per heavy atom. The van der Waals surface area contributed by atoms with Crippen LogP contribution in [0.4, 0.5) is 0 Å². The van der Waals surface area contributed by atoms with Crippen LogP contribution in [-0.4, -0.2) is 24.1 Å². The van der Waals surface area contributed by atoms with E-state index < -0.39 is 0 Å². The number of benzene rings is 1. The van der Waals surface area contributed by atoms with Gasteiger partial charge in [-0.3, -0.25) is 4.79 Å². The van der Waals surface area contributed by atoms with Crippen molar-refractivity contribution in [2.45, 2.75) is 12.3 Å². The van der Waals surface area contributed by atoms with Crippen molar-refractivity contribution in [1.82, 2.24) is 5.32 Å². The quantitative estimate of drug-likeness (QED) is 0.778. The summed E-state index contributed by atoms with van der Waals surface area (Å²) in [5.74, 6) is -0.791. The Labute approximate surface area is 115 Å². The van der Waals surface area contributed by atoms with Gasteiger partial charge in [-0.2, -0.15) is 0 Å². The van der Waals surface area contributed by atoms with Crippen molar-refractivity contribution in [3.63, 3.8) is 0 Å². The average Bonchev–Trinajstić information content (AvgIpc) is 2.34. The summed E-state index contributed by atoms with van der Waals surface area (Å²) in [5.41, 5.74) is 6.03. The SMILES string of the molecule is NC(=O)[C@@H]1CNCCC1c1cc(Cl)c(Cl)cc1O. The van der Waals surface area contributed by atoms with Gasteiger partial charge in [0.25, 0.3) is 0 Å². The monoisotopic (exact) mass is 288 g/mol. The predicted molar refractivity (Wildman–Crippen MR) is 71.0 cm³/mol. The van der Waals surface area contributed by atoms with Crippen molar-refractivity contribution < 1.29 is 9.90 Å². The van der Waals surface area contributed by atoms with Crippen molar-refractivity contribution >= 4 is 29.1 Å². The second-order valence-electron chi connectivity index (χ2n) is 4.43. The summed E-state index contributed by atoms with van der Waals surface area (Å²) in [5, 5.41) is 13.7. The number of hydrogen-bond acceptors (Lipinski definition) is 3. The minimum Gasteiger partial charge on any atom is -0.508 e. The third-order valence-corrected chi connectivity index (χ3v) is 4.04. The van der Waals surface area contributed by atoms with E-state index in [0.29, 0.717) is 22.2 Å². The molecule has 98 valence electrons. The molecule has 1 aromatic rings. The smallest absolute Gasteiger partial charge is 0.222 e. The number of halogens is 2. The fourth-order valence-electron chi connectivity index (χ4n) is 2.38. The molecule has 2 rings (SSSR count). The van der Waals surface area contributed by atoms with Gasteiger partial charge in [0.1, 0.15) is 5.75 Å². The maximum Gasteiger partial charge on any atom is 0.222 e. The predicted octanol–water partition coefficient (Wildman–Crippen LogP) is 1.88. The maximum atomic E-state index is 11.4. The zero-order valence-corrected chi connectivity index (χ0v) is 11.1. The van der Waals surface area contributed by atoms with E-state index in [1.165, 1.54) is 6.07 Å². The number of carbonyl (C=O) groups is 1. The first kappa shape index (κ1) is 13.5. The Morgan fingerprint density at radius 2 is 2.06 bits per heavy atom. The molecular formula is C12H14Cl2N2O2. The highest BCUT2D eigenvalue weighted by Crippen LogP contribution is 2.39. The first-order chi connectivity index (χ1) is 8.50. The third-order valence-electron chi connectivity index (χ3n) is 3.32. The number of nitrogens with one attached hydrogen (secondary N) is 1. The molecule has 0 bridgehead atoms. The Balaban J connectivity index is 2.39. The summed E-state index contributed by atoms with van der Waals surface area (Å²) in [4.78, 5) is 11.4. The second kappa shape index (κ2) is 5.34. The van der Waals surface area contributed by atoms with Crippen LogP contribution >= 0.6 is 23.2 Å². The third kappa shape index (κ3) is 2.55. The number of rotatable bonds is 2. The minimum absolute atomic E-state index is 0.0579. The van der Waals surface area contributed by atoms with Crippen LogP contribution in [0.3, 0.4) is 0 Å². The maximum absolute atomic E-state index is 11.4. The number of nitrogens with two attached hydrogens (primary N) is 1. The van der Waals surface area contributed by atoms with Crippen LogP contribution in [0, 0.1) is 5.92 Å². The van der Waals surface area contributed by atoms with Crippen molar-refractivity contribution in [1.29, 1.82) is 0 Å². The first-order valence-electron chi connectivity index (χ1n) is 5.68. The molecule has 4 nitrogen and oxygen atoms in total. The Hall–Kier alpha value is -0.970. The Morgan fingerprint density at radius 1 is 1.39 bits per heavy atom. The summed E-state index contributed by atoms with van der Waals surface area (Å²) in [6.45, 7) is 1.29. The van der Waals surface area contributed by atoms with Gasteiger partial charge in [-0.25, -0.2) is 0 Å². The zero-order valence-electron chi connectivity index (χ0n) is 9.62. The number of aromatic hydroxyl groups is 1. The molecule has 1 saturated heterocycles. The summed E-state index contributed by atoms with van der Waals surface area (Å²) in [6, 6.07) is 3.02. The van der Waals surface area contributed by atoms with E-state index in [2.05, 4.69) is 5.32 Å². The summed E-state index contributed by atoms with van der Waals surface area (Å²) in [7, 11) is 0. The van der Waals surface area contributed by atoms with Crippen LogP contribution in [0.15, 0.2) is 12.1 Å². The molecular weight excluding hydrogens is 275 g/mol. The number of piperidine rings is 1. The molecule has 0 saturated carbocycles. The van der Waals surface area contributed by atoms with Gasteiger partial charge in [0.05, 0.1) is 16.0 Å². The van der Waals surface area contributed by atoms with E-state index in [9.17, 15) is 9.90 Å². The van der Waals surface area contributed by atoms with Gasteiger partial charge >= 0.3 is 0 Å². The number of phenols is 1. The number of phenolic OH excluding ortho intramolecular Hbond substituents is 1. The second-order valence-corrected chi connectivity index (χ2v) is 5.25. The van der Waals surface area contributed by atoms with E-state index >= 15 is 0 Å². The molecule has 4 N–H and O–H groups in total. The summed E-state index contributed by atoms with van der Waals surface area (Å²) < 4.78 is 0. The molecule has 1 unspecified atom stereocenters. The van der Waals surface area contributed by atoms with Crippen molar-refractivity contribution in [2.75, 3.05) is 13.1 Å². The van der Waals surface area contributed by atoms with Crippen molar-refractivity contribution in [2.24, 2.45) is 11.7 Å². The zero-order chi connectivity index (χ0) is 13.3. The largest absolute Gasteiger partial charge is 0.508 e. The minimum atomic E-state index is -0.377. The van der Waals surface area contributed by atoms with Gasteiger partial charge in [-0.1, -0.05) is 23.2 Å². The van der Waals surface area contributed by atoms with Crippen LogP contribution in [0.2, 0.25) is 10.0 Å². The highest BCUT2D eigenvalue weighted by atomic mass is 35.5. The van der Waals surface area contributed by atoms with Crippen molar-refractivity contribution in [3.05, 3.63) is 27.7 Å². The van der Waals surface area contributed by atoms with Gasteiger partial charge in [0.2, 0.25) is 5.91 Å². The molecule has 0 spiro atoms. The van der Waals surface area contributed by atoms with Crippen LogP contribution in [-0.2, 0) is 4.79 Å². The molecule has 0 aliphatic carbocycles. The Bertz CT molecular complexity index is 479. The number of hydrogen-bond donors (Lipinski definition) is 3. The number of primary amides is 1. The van der Waals surface area contributed by atoms with E-state index in [1.54, 1.807) is 6.07 Å². The van der Waals surface area contributed by atoms with Crippen LogP contribution < -0.4 is 11.1 Å². The lowest BCUT2D eigenvalue weighted by molar-refractivity contribution is -0.122. The van der Waals surface area contributed by atoms with E-state index in [-0.39, 0.29) is 23.5 Å². The van der Waals surface area contributed by atoms with E-state index in [4.69, 9.17) is 28.9 Å². The van der Waals surface area contributed by atoms with E-state index in [0.717, 1.165) is 13.0 Å². The molecule has 0 aromatic heterocycles. The van der Waals surface area contributed by atoms with Gasteiger partial charge in [0.15, 0.2) is 0 Å². The highest BCUT2D eigenvalue weighted by molar-refractivity contribution is 6.42. The molecule has 1 fully saturated rings. The van der Waals surface area contributed by atoms with Gasteiger partial charge in [-0.05, 0) is 24.6 Å². The molecule has 1 amide bonds. The lowest BCUT2D eigenvalue weighted by atomic mass is 9.80. The lowest BCUT2D eigenvalue weighted by Gasteiger charge is -2.30. The average molecular weight is 289 g/mol. The van der Waals surface area contributed by atoms with E-state index in [1.807, 2.05) is 0 Å². The fraction of sp³-hybridized carbons (Fsp3) is 0.417. The molecule has 0 radical (unpaired) electrons. The molecule has 1 aliphatic heterocycles. The number of carbonyl (C=O) groups excluding carboxylic acids is 1. The highest BCUT2D eigenvalue weighted by Gasteiger charge is 2.32. The van der Waals surface area contributed by atoms with Gasteiger partial charge in [-0.15, -0.1) is 0 Å². The van der Waals surface area contributed by atoms with Gasteiger partial charge < -0.3 is 16.2 Å². The normalized spacial score (nSPS) is 23.9. The summed E-state index contributed by atoms with van der Waals surface area (Å²) >= 11 is 11.8. The molecule has 2 atom stereocenters. The lowest BCUT2D eigenvalue weighted by Crippen LogP contribution is -2.42. The fourth-order valence-corrected chi connectivity index (χ4v) is 2.71. The van der Waals surface area contributed by atoms with Crippen molar-refractivity contribution in [3.8, 4) is 5.75 Å². The molecule has 1 aromatic carbocycles. The Kier molecular flexibility index (Phi) is 4.00. The van der Waals surface area contributed by atoms with Crippen LogP contribution in [0.25, 0.3) is 0 Å². The van der Waals surface area contributed by atoms with Gasteiger partial charge in [0, 0.05) is 18.5 Å². The molecule has 18 heavy (non-hydrogen) atoms. The topological polar surface area (TPSA) is 75.4 Å². The molecule has 1 aliphatic rings. The standard InChI is InChI=1S/C12H14Cl2N2O2/c13-9-3-7(11(17)4-10(9)14)6-1-2-16-5-8(6)12(15)18/h3-4,6,8,16-17H,1-2,5H2,(H2,15,18)/t6?,8-/m1/s1.